The van der Waals surface area contributed by atoms with Gasteiger partial charge in [-0.3, -0.25) is 14.4 Å². The number of amides is 2. The van der Waals surface area contributed by atoms with Crippen LogP contribution in [0.25, 0.3) is 0 Å². The lowest BCUT2D eigenvalue weighted by Gasteiger charge is -2.31. The predicted octanol–water partition coefficient (Wildman–Crippen LogP) is 1.52. The van der Waals surface area contributed by atoms with Gasteiger partial charge in [0.15, 0.2) is 0 Å². The van der Waals surface area contributed by atoms with Crippen molar-refractivity contribution in [2.24, 2.45) is 5.41 Å². The average Bonchev–Trinajstić information content (AvgIpc) is 2.91. The summed E-state index contributed by atoms with van der Waals surface area (Å²) in [6.45, 7) is 5.44. The van der Waals surface area contributed by atoms with Crippen LogP contribution in [0.5, 0.6) is 0 Å². The van der Waals surface area contributed by atoms with Gasteiger partial charge in [-0.1, -0.05) is 18.2 Å². The molecular formula is C17H22N2O4. The summed E-state index contributed by atoms with van der Waals surface area (Å²) < 4.78 is 0. The first-order valence-corrected chi connectivity index (χ1v) is 7.56. The molecule has 0 aliphatic carbocycles. The Hall–Kier alpha value is -2.37. The van der Waals surface area contributed by atoms with E-state index in [9.17, 15) is 19.5 Å². The summed E-state index contributed by atoms with van der Waals surface area (Å²) in [5, 5.41) is 12.0. The number of carbonyl (C=O) groups is 3. The second-order valence-electron chi connectivity index (χ2n) is 6.79. The molecule has 0 bridgehead atoms. The number of carboxylic acid groups (broad SMARTS) is 1. The average molecular weight is 318 g/mol. The lowest BCUT2D eigenvalue weighted by Crippen LogP contribution is -2.55. The van der Waals surface area contributed by atoms with Crippen LogP contribution in [0.3, 0.4) is 0 Å². The summed E-state index contributed by atoms with van der Waals surface area (Å²) >= 11 is 0. The molecule has 1 heterocycles. The summed E-state index contributed by atoms with van der Waals surface area (Å²) in [5.41, 5.74) is -1.54. The van der Waals surface area contributed by atoms with Gasteiger partial charge in [0.1, 0.15) is 5.54 Å². The van der Waals surface area contributed by atoms with E-state index in [1.165, 1.54) is 4.90 Å². The van der Waals surface area contributed by atoms with Gasteiger partial charge in [0, 0.05) is 18.7 Å². The molecule has 23 heavy (non-hydrogen) atoms. The number of rotatable bonds is 4. The Morgan fingerprint density at radius 2 is 1.83 bits per heavy atom. The number of benzene rings is 1. The third kappa shape index (κ3) is 3.52. The van der Waals surface area contributed by atoms with Gasteiger partial charge in [-0.25, -0.2) is 0 Å². The third-order valence-electron chi connectivity index (χ3n) is 4.27. The predicted molar refractivity (Wildman–Crippen MR) is 84.9 cm³/mol. The third-order valence-corrected chi connectivity index (χ3v) is 4.27. The van der Waals surface area contributed by atoms with E-state index in [2.05, 4.69) is 5.32 Å². The highest BCUT2D eigenvalue weighted by molar-refractivity contribution is 5.99. The van der Waals surface area contributed by atoms with Crippen LogP contribution in [0.2, 0.25) is 0 Å². The smallest absolute Gasteiger partial charge is 0.311 e. The number of carbonyl (C=O) groups excluding carboxylic acids is 2. The highest BCUT2D eigenvalue weighted by Gasteiger charge is 2.45. The molecule has 1 atom stereocenters. The number of hydrogen-bond acceptors (Lipinski definition) is 3. The van der Waals surface area contributed by atoms with Crippen LogP contribution in [0.4, 0.5) is 0 Å². The van der Waals surface area contributed by atoms with Crippen molar-refractivity contribution in [3.63, 3.8) is 0 Å². The summed E-state index contributed by atoms with van der Waals surface area (Å²) in [5.74, 6) is -1.50. The van der Waals surface area contributed by atoms with Crippen LogP contribution in [0.1, 0.15) is 37.6 Å². The van der Waals surface area contributed by atoms with E-state index in [4.69, 9.17) is 0 Å². The number of nitrogens with one attached hydrogen (secondary N) is 1. The van der Waals surface area contributed by atoms with Gasteiger partial charge in [0.2, 0.25) is 5.91 Å². The van der Waals surface area contributed by atoms with Crippen molar-refractivity contribution in [2.45, 2.75) is 32.7 Å². The Bertz CT molecular complexity index is 627. The van der Waals surface area contributed by atoms with Crippen LogP contribution in [-0.2, 0) is 9.59 Å². The number of hydrogen-bond donors (Lipinski definition) is 2. The second kappa shape index (κ2) is 6.02. The lowest BCUT2D eigenvalue weighted by atomic mass is 9.90. The minimum Gasteiger partial charge on any atom is -0.481 e. The van der Waals surface area contributed by atoms with Crippen molar-refractivity contribution in [3.8, 4) is 0 Å². The minimum atomic E-state index is -1.10. The highest BCUT2D eigenvalue weighted by atomic mass is 16.4. The molecule has 124 valence electrons. The van der Waals surface area contributed by atoms with Gasteiger partial charge in [0.05, 0.1) is 5.41 Å². The molecule has 2 amide bonds. The number of likely N-dealkylation sites (tertiary alicyclic amines) is 1. The molecular weight excluding hydrogens is 296 g/mol. The fourth-order valence-electron chi connectivity index (χ4n) is 2.70. The van der Waals surface area contributed by atoms with Crippen molar-refractivity contribution < 1.29 is 19.5 Å². The maximum absolute atomic E-state index is 12.7. The standard InChI is InChI=1S/C17H22N2O4/c1-16(2,18-13(20)12-7-5-4-6-8-12)14(21)19-10-9-17(3,11-19)15(22)23/h4-8H,9-11H2,1-3H3,(H,18,20)(H,22,23). The van der Waals surface area contributed by atoms with Crippen molar-refractivity contribution in [3.05, 3.63) is 35.9 Å². The summed E-state index contributed by atoms with van der Waals surface area (Å²) in [6, 6.07) is 8.66. The molecule has 1 aromatic rings. The van der Waals surface area contributed by atoms with E-state index >= 15 is 0 Å². The highest BCUT2D eigenvalue weighted by Crippen LogP contribution is 2.31. The normalized spacial score (nSPS) is 21.1. The molecule has 6 nitrogen and oxygen atoms in total. The Morgan fingerprint density at radius 1 is 1.22 bits per heavy atom. The van der Waals surface area contributed by atoms with E-state index in [-0.39, 0.29) is 18.4 Å². The SMILES string of the molecule is CC1(C(=O)O)CCN(C(=O)C(C)(C)NC(=O)c2ccccc2)C1. The molecule has 0 spiro atoms. The summed E-state index contributed by atoms with van der Waals surface area (Å²) in [4.78, 5) is 37.7. The first-order valence-electron chi connectivity index (χ1n) is 7.56. The van der Waals surface area contributed by atoms with Crippen LogP contribution < -0.4 is 5.32 Å². The summed E-state index contributed by atoms with van der Waals surface area (Å²) in [6.07, 6.45) is 0.413. The van der Waals surface area contributed by atoms with E-state index < -0.39 is 16.9 Å². The Kier molecular flexibility index (Phi) is 4.45. The van der Waals surface area contributed by atoms with E-state index in [0.717, 1.165) is 0 Å². The maximum Gasteiger partial charge on any atom is 0.311 e. The Balaban J connectivity index is 2.06. The fourth-order valence-corrected chi connectivity index (χ4v) is 2.70. The van der Waals surface area contributed by atoms with E-state index in [1.54, 1.807) is 45.0 Å². The second-order valence-corrected chi connectivity index (χ2v) is 6.79. The largest absolute Gasteiger partial charge is 0.481 e. The van der Waals surface area contributed by atoms with Crippen LogP contribution in [-0.4, -0.2) is 46.4 Å². The molecule has 2 N–H and O–H groups in total. The maximum atomic E-state index is 12.7. The fraction of sp³-hybridized carbons (Fsp3) is 0.471. The molecule has 1 aromatic carbocycles. The van der Waals surface area contributed by atoms with Crippen molar-refractivity contribution in [2.75, 3.05) is 13.1 Å². The zero-order valence-corrected chi connectivity index (χ0v) is 13.6. The van der Waals surface area contributed by atoms with E-state index in [0.29, 0.717) is 18.5 Å². The van der Waals surface area contributed by atoms with Gasteiger partial charge >= 0.3 is 5.97 Å². The molecule has 0 radical (unpaired) electrons. The molecule has 0 saturated carbocycles. The zero-order chi connectivity index (χ0) is 17.3. The molecule has 1 aliphatic rings. The quantitative estimate of drug-likeness (QED) is 0.881. The summed E-state index contributed by atoms with van der Waals surface area (Å²) in [7, 11) is 0. The monoisotopic (exact) mass is 318 g/mol. The van der Waals surface area contributed by atoms with Crippen molar-refractivity contribution >= 4 is 17.8 Å². The van der Waals surface area contributed by atoms with Crippen molar-refractivity contribution in [1.29, 1.82) is 0 Å². The topological polar surface area (TPSA) is 86.7 Å². The molecule has 0 aromatic heterocycles. The van der Waals surface area contributed by atoms with Gasteiger partial charge in [-0.05, 0) is 39.3 Å². The van der Waals surface area contributed by atoms with Gasteiger partial charge in [0.25, 0.3) is 5.91 Å². The molecule has 1 saturated heterocycles. The van der Waals surface area contributed by atoms with Crippen LogP contribution >= 0.6 is 0 Å². The van der Waals surface area contributed by atoms with E-state index in [1.807, 2.05) is 6.07 Å². The number of aliphatic carboxylic acids is 1. The molecule has 2 rings (SSSR count). The minimum absolute atomic E-state index is 0.159. The van der Waals surface area contributed by atoms with Crippen LogP contribution in [0.15, 0.2) is 30.3 Å². The van der Waals surface area contributed by atoms with Crippen molar-refractivity contribution in [1.82, 2.24) is 10.2 Å². The first kappa shape index (κ1) is 17.0. The number of carboxylic acids is 1. The van der Waals surface area contributed by atoms with Gasteiger partial charge in [-0.15, -0.1) is 0 Å². The lowest BCUT2D eigenvalue weighted by molar-refractivity contribution is -0.147. The molecule has 1 unspecified atom stereocenters. The Labute approximate surface area is 135 Å². The molecule has 1 fully saturated rings. The first-order chi connectivity index (χ1) is 10.7. The van der Waals surface area contributed by atoms with Crippen LogP contribution in [0, 0.1) is 5.41 Å². The van der Waals surface area contributed by atoms with Gasteiger partial charge < -0.3 is 15.3 Å². The Morgan fingerprint density at radius 3 is 2.35 bits per heavy atom. The zero-order valence-electron chi connectivity index (χ0n) is 13.6. The molecule has 6 heteroatoms. The number of nitrogens with zero attached hydrogens (tertiary/aromatic N) is 1. The molecule has 1 aliphatic heterocycles. The van der Waals surface area contributed by atoms with Gasteiger partial charge in [-0.2, -0.15) is 0 Å².